The second-order valence-corrected chi connectivity index (χ2v) is 10.8. The van der Waals surface area contributed by atoms with Gasteiger partial charge in [0.1, 0.15) is 17.4 Å². The largest absolute Gasteiger partial charge is 0.497 e. The summed E-state index contributed by atoms with van der Waals surface area (Å²) in [4.78, 5) is 40.6. The fourth-order valence-electron chi connectivity index (χ4n) is 3.83. The van der Waals surface area contributed by atoms with Crippen molar-refractivity contribution in [2.24, 2.45) is 5.92 Å². The number of alkyl carbamates (subject to hydrolysis) is 1. The Hall–Kier alpha value is -3.03. The van der Waals surface area contributed by atoms with Gasteiger partial charge < -0.3 is 24.4 Å². The molecule has 0 aliphatic heterocycles. The number of carbonyl (C=O) groups is 3. The lowest BCUT2D eigenvalue weighted by Crippen LogP contribution is -2.59. The lowest BCUT2D eigenvalue weighted by Gasteiger charge is -2.39. The normalized spacial score (nSPS) is 14.1. The Morgan fingerprint density at radius 1 is 1.06 bits per heavy atom. The van der Waals surface area contributed by atoms with Gasteiger partial charge in [-0.1, -0.05) is 45.9 Å². The quantitative estimate of drug-likeness (QED) is 0.361. The van der Waals surface area contributed by atoms with Crippen molar-refractivity contribution in [3.8, 4) is 5.75 Å². The van der Waals surface area contributed by atoms with E-state index in [0.29, 0.717) is 11.3 Å². The maximum absolute atomic E-state index is 14.0. The Balaban J connectivity index is 3.46. The molecule has 0 radical (unpaired) electrons. The van der Waals surface area contributed by atoms with Gasteiger partial charge in [-0.2, -0.15) is 0 Å². The third-order valence-corrected chi connectivity index (χ3v) is 5.96. The first-order chi connectivity index (χ1) is 16.5. The molecule has 1 N–H and O–H groups in total. The summed E-state index contributed by atoms with van der Waals surface area (Å²) in [5.74, 6) is -0.0528. The van der Waals surface area contributed by atoms with Gasteiger partial charge in [-0.15, -0.1) is 0 Å². The molecule has 0 heterocycles. The van der Waals surface area contributed by atoms with Gasteiger partial charge in [0.15, 0.2) is 0 Å². The second kappa shape index (κ2) is 12.8. The second-order valence-electron chi connectivity index (χ2n) is 10.8. The van der Waals surface area contributed by atoms with E-state index in [1.807, 2.05) is 52.0 Å². The first-order valence-corrected chi connectivity index (χ1v) is 12.3. The highest BCUT2D eigenvalue weighted by atomic mass is 16.6. The van der Waals surface area contributed by atoms with Crippen LogP contribution in [0.25, 0.3) is 0 Å². The smallest absolute Gasteiger partial charge is 0.408 e. The molecule has 36 heavy (non-hydrogen) atoms. The number of benzene rings is 1. The van der Waals surface area contributed by atoms with Crippen LogP contribution in [0, 0.1) is 5.92 Å². The highest BCUT2D eigenvalue weighted by Gasteiger charge is 2.41. The van der Waals surface area contributed by atoms with Crippen molar-refractivity contribution in [3.05, 3.63) is 41.5 Å². The molecule has 202 valence electrons. The number of nitrogens with one attached hydrogen (secondary N) is 1. The van der Waals surface area contributed by atoms with Gasteiger partial charge in [0.25, 0.3) is 0 Å². The Bertz CT molecular complexity index is 928. The molecule has 0 saturated heterocycles. The van der Waals surface area contributed by atoms with E-state index in [2.05, 4.69) is 5.32 Å². The average Bonchev–Trinajstić information content (AvgIpc) is 2.78. The van der Waals surface area contributed by atoms with E-state index in [0.717, 1.165) is 5.56 Å². The number of amides is 2. The topological polar surface area (TPSA) is 94.2 Å². The van der Waals surface area contributed by atoms with Crippen LogP contribution < -0.4 is 10.1 Å². The molecule has 0 aromatic heterocycles. The predicted molar refractivity (Wildman–Crippen MR) is 141 cm³/mol. The summed E-state index contributed by atoms with van der Waals surface area (Å²) in [6.45, 7) is 16.7. The Morgan fingerprint density at radius 3 is 2.06 bits per heavy atom. The average molecular weight is 505 g/mol. The van der Waals surface area contributed by atoms with Crippen LogP contribution in [0.15, 0.2) is 35.9 Å². The van der Waals surface area contributed by atoms with Crippen molar-refractivity contribution in [1.82, 2.24) is 10.2 Å². The van der Waals surface area contributed by atoms with Gasteiger partial charge >= 0.3 is 12.1 Å². The molecule has 1 aromatic carbocycles. The lowest BCUT2D eigenvalue weighted by atomic mass is 9.76. The molecule has 2 atom stereocenters. The fourth-order valence-corrected chi connectivity index (χ4v) is 3.83. The number of carbonyl (C=O) groups excluding carboxylic acids is 3. The maximum atomic E-state index is 14.0. The fraction of sp³-hybridized carbons (Fsp3) is 0.607. The molecular weight excluding hydrogens is 460 g/mol. The molecule has 8 nitrogen and oxygen atoms in total. The van der Waals surface area contributed by atoms with Crippen LogP contribution in [0.5, 0.6) is 5.75 Å². The summed E-state index contributed by atoms with van der Waals surface area (Å²) in [5, 5.41) is 2.82. The van der Waals surface area contributed by atoms with Crippen LogP contribution in [-0.4, -0.2) is 61.3 Å². The minimum Gasteiger partial charge on any atom is -0.497 e. The van der Waals surface area contributed by atoms with Gasteiger partial charge in [0, 0.05) is 18.0 Å². The molecule has 0 fully saturated rings. The van der Waals surface area contributed by atoms with E-state index >= 15 is 0 Å². The summed E-state index contributed by atoms with van der Waals surface area (Å²) >= 11 is 0. The summed E-state index contributed by atoms with van der Waals surface area (Å²) < 4.78 is 15.9. The van der Waals surface area contributed by atoms with Crippen molar-refractivity contribution in [3.63, 3.8) is 0 Å². The summed E-state index contributed by atoms with van der Waals surface area (Å²) in [6.07, 6.45) is 1.06. The van der Waals surface area contributed by atoms with Crippen LogP contribution in [0.2, 0.25) is 0 Å². The van der Waals surface area contributed by atoms with Crippen molar-refractivity contribution in [2.75, 3.05) is 20.8 Å². The number of hydrogen-bond acceptors (Lipinski definition) is 6. The van der Waals surface area contributed by atoms with Gasteiger partial charge in [-0.3, -0.25) is 4.79 Å². The molecule has 0 bridgehead atoms. The predicted octanol–water partition coefficient (Wildman–Crippen LogP) is 4.86. The molecule has 0 aliphatic carbocycles. The summed E-state index contributed by atoms with van der Waals surface area (Å²) in [5.41, 5.74) is -0.282. The Labute approximate surface area is 216 Å². The van der Waals surface area contributed by atoms with Crippen molar-refractivity contribution in [1.29, 1.82) is 0 Å². The third-order valence-electron chi connectivity index (χ3n) is 5.96. The van der Waals surface area contributed by atoms with Crippen molar-refractivity contribution >= 4 is 18.0 Å². The number of methoxy groups -OCH3 is 1. The minimum atomic E-state index is -0.955. The highest BCUT2D eigenvalue weighted by molar-refractivity contribution is 5.89. The molecule has 0 saturated carbocycles. The molecule has 0 unspecified atom stereocenters. The number of nitrogens with zero attached hydrogens (tertiary/aromatic N) is 1. The number of esters is 1. The van der Waals surface area contributed by atoms with E-state index in [-0.39, 0.29) is 18.4 Å². The molecule has 2 amide bonds. The van der Waals surface area contributed by atoms with Crippen LogP contribution in [0.3, 0.4) is 0 Å². The first-order valence-electron chi connectivity index (χ1n) is 12.3. The standard InChI is InChI=1S/C28H44N2O6/c1-12-35-25(32)19(4)17-22(18(2)3)30(10)24(31)23(29-26(33)36-27(5,6)7)28(8,9)20-13-15-21(34-11)16-14-20/h13-18,22-23H,12H2,1-11H3,(H,29,33)/t22-,23-/m1/s1. The Kier molecular flexibility index (Phi) is 11.0. The highest BCUT2D eigenvalue weighted by Crippen LogP contribution is 2.31. The molecule has 1 rings (SSSR count). The number of likely N-dealkylation sites (N-methyl/N-ethyl adjacent to an activating group) is 1. The van der Waals surface area contributed by atoms with E-state index in [1.165, 1.54) is 0 Å². The Morgan fingerprint density at radius 2 is 1.61 bits per heavy atom. The molecule has 0 spiro atoms. The van der Waals surface area contributed by atoms with Gasteiger partial charge in [0.2, 0.25) is 5.91 Å². The number of rotatable bonds is 10. The third kappa shape index (κ3) is 8.57. The first kappa shape index (κ1) is 31.0. The summed E-state index contributed by atoms with van der Waals surface area (Å²) in [6, 6.07) is 6.03. The zero-order chi connectivity index (χ0) is 27.8. The SMILES string of the molecule is CCOC(=O)C(C)=C[C@H](C(C)C)N(C)C(=O)[C@@H](NC(=O)OC(C)(C)C)C(C)(C)c1ccc(OC)cc1. The van der Waals surface area contributed by atoms with E-state index in [4.69, 9.17) is 14.2 Å². The summed E-state index contributed by atoms with van der Waals surface area (Å²) in [7, 11) is 3.26. The van der Waals surface area contributed by atoms with Crippen molar-refractivity contribution in [2.45, 2.75) is 85.4 Å². The molecular formula is C28H44N2O6. The van der Waals surface area contributed by atoms with Crippen LogP contribution in [0.1, 0.15) is 67.9 Å². The van der Waals surface area contributed by atoms with E-state index < -0.39 is 35.2 Å². The van der Waals surface area contributed by atoms with Gasteiger partial charge in [0.05, 0.1) is 19.8 Å². The maximum Gasteiger partial charge on any atom is 0.408 e. The van der Waals surface area contributed by atoms with Crippen LogP contribution in [-0.2, 0) is 24.5 Å². The zero-order valence-corrected chi connectivity index (χ0v) is 23.7. The number of hydrogen-bond donors (Lipinski definition) is 1. The minimum absolute atomic E-state index is 0.00500. The van der Waals surface area contributed by atoms with Gasteiger partial charge in [-0.05, 0) is 58.2 Å². The van der Waals surface area contributed by atoms with E-state index in [1.54, 1.807) is 59.8 Å². The van der Waals surface area contributed by atoms with E-state index in [9.17, 15) is 14.4 Å². The lowest BCUT2D eigenvalue weighted by molar-refractivity contribution is -0.139. The van der Waals surface area contributed by atoms with Crippen LogP contribution >= 0.6 is 0 Å². The molecule has 0 aliphatic rings. The van der Waals surface area contributed by atoms with Gasteiger partial charge in [-0.25, -0.2) is 9.59 Å². The monoisotopic (exact) mass is 504 g/mol. The molecule has 8 heteroatoms. The zero-order valence-electron chi connectivity index (χ0n) is 23.7. The molecule has 1 aromatic rings. The van der Waals surface area contributed by atoms with Crippen LogP contribution in [0.4, 0.5) is 4.79 Å². The number of ether oxygens (including phenoxy) is 3. The van der Waals surface area contributed by atoms with Crippen molar-refractivity contribution < 1.29 is 28.6 Å².